The molecule has 0 aliphatic carbocycles. The van der Waals surface area contributed by atoms with Crippen molar-refractivity contribution < 1.29 is 4.79 Å². The standard InChI is InChI=1S/C17H27N3O/c1-13-6-5-11-20(16(13)12-18)17(21)10-9-15(19)14-7-3-2-4-8-14/h2-4,7-8,13,15-16H,5-6,9-12,18-19H2,1H3/t13-,15-,16+/m1/s1. The van der Waals surface area contributed by atoms with E-state index in [9.17, 15) is 4.79 Å². The summed E-state index contributed by atoms with van der Waals surface area (Å²) in [4.78, 5) is 14.4. The normalized spacial score (nSPS) is 23.9. The van der Waals surface area contributed by atoms with Crippen LogP contribution in [0, 0.1) is 5.92 Å². The van der Waals surface area contributed by atoms with E-state index in [2.05, 4.69) is 6.92 Å². The molecule has 0 radical (unpaired) electrons. The van der Waals surface area contributed by atoms with Gasteiger partial charge in [0.25, 0.3) is 0 Å². The van der Waals surface area contributed by atoms with Gasteiger partial charge in [-0.05, 0) is 30.7 Å². The number of piperidine rings is 1. The first-order valence-electron chi connectivity index (χ1n) is 7.93. The lowest BCUT2D eigenvalue weighted by Gasteiger charge is -2.39. The molecule has 1 saturated heterocycles. The van der Waals surface area contributed by atoms with Crippen molar-refractivity contribution in [1.29, 1.82) is 0 Å². The highest BCUT2D eigenvalue weighted by atomic mass is 16.2. The van der Waals surface area contributed by atoms with Crippen molar-refractivity contribution in [3.63, 3.8) is 0 Å². The first kappa shape index (κ1) is 16.0. The van der Waals surface area contributed by atoms with Crippen molar-refractivity contribution in [1.82, 2.24) is 4.90 Å². The Bertz CT molecular complexity index is 449. The van der Waals surface area contributed by atoms with Gasteiger partial charge in [0, 0.05) is 31.6 Å². The zero-order valence-electron chi connectivity index (χ0n) is 12.9. The maximum absolute atomic E-state index is 12.5. The van der Waals surface area contributed by atoms with Crippen LogP contribution in [0.1, 0.15) is 44.2 Å². The predicted molar refractivity (Wildman–Crippen MR) is 85.6 cm³/mol. The zero-order valence-corrected chi connectivity index (χ0v) is 12.9. The topological polar surface area (TPSA) is 72.3 Å². The van der Waals surface area contributed by atoms with Crippen molar-refractivity contribution in [3.8, 4) is 0 Å². The van der Waals surface area contributed by atoms with Gasteiger partial charge in [0.2, 0.25) is 5.91 Å². The van der Waals surface area contributed by atoms with Gasteiger partial charge in [-0.2, -0.15) is 0 Å². The second kappa shape index (κ2) is 7.57. The fourth-order valence-electron chi connectivity index (χ4n) is 3.21. The summed E-state index contributed by atoms with van der Waals surface area (Å²) in [6.07, 6.45) is 3.42. The molecule has 1 aliphatic rings. The van der Waals surface area contributed by atoms with Gasteiger partial charge in [-0.1, -0.05) is 37.3 Å². The fourth-order valence-corrected chi connectivity index (χ4v) is 3.21. The van der Waals surface area contributed by atoms with Crippen molar-refractivity contribution in [2.45, 2.75) is 44.7 Å². The van der Waals surface area contributed by atoms with Crippen molar-refractivity contribution in [2.75, 3.05) is 13.1 Å². The third-order valence-corrected chi connectivity index (χ3v) is 4.57. The van der Waals surface area contributed by atoms with E-state index >= 15 is 0 Å². The molecule has 4 heteroatoms. The van der Waals surface area contributed by atoms with Crippen LogP contribution >= 0.6 is 0 Å². The Kier molecular flexibility index (Phi) is 5.76. The second-order valence-electron chi connectivity index (χ2n) is 6.07. The van der Waals surface area contributed by atoms with Crippen molar-refractivity contribution in [2.24, 2.45) is 17.4 Å². The van der Waals surface area contributed by atoms with Crippen LogP contribution in [0.3, 0.4) is 0 Å². The van der Waals surface area contributed by atoms with E-state index in [-0.39, 0.29) is 18.0 Å². The summed E-state index contributed by atoms with van der Waals surface area (Å²) in [6.45, 7) is 3.58. The highest BCUT2D eigenvalue weighted by Crippen LogP contribution is 2.24. The summed E-state index contributed by atoms with van der Waals surface area (Å²) in [5.41, 5.74) is 13.1. The van der Waals surface area contributed by atoms with Crippen LogP contribution in [0.25, 0.3) is 0 Å². The predicted octanol–water partition coefficient (Wildman–Crippen LogP) is 2.05. The number of hydrogen-bond donors (Lipinski definition) is 2. The molecule has 4 N–H and O–H groups in total. The molecule has 1 amide bonds. The molecule has 2 rings (SSSR count). The van der Waals surface area contributed by atoms with Gasteiger partial charge in [-0.15, -0.1) is 0 Å². The van der Waals surface area contributed by atoms with Gasteiger partial charge in [0.15, 0.2) is 0 Å². The summed E-state index contributed by atoms with van der Waals surface area (Å²) in [5.74, 6) is 0.693. The SMILES string of the molecule is C[C@@H]1CCCN(C(=O)CC[C@@H](N)c2ccccc2)[C@H]1CN. The molecule has 1 fully saturated rings. The average molecular weight is 289 g/mol. The molecule has 0 aromatic heterocycles. The van der Waals surface area contributed by atoms with E-state index in [4.69, 9.17) is 11.5 Å². The summed E-state index contributed by atoms with van der Waals surface area (Å²) < 4.78 is 0. The maximum atomic E-state index is 12.5. The Balaban J connectivity index is 1.89. The van der Waals surface area contributed by atoms with Gasteiger partial charge in [-0.3, -0.25) is 4.79 Å². The fraction of sp³-hybridized carbons (Fsp3) is 0.588. The van der Waals surface area contributed by atoms with Crippen LogP contribution in [0.5, 0.6) is 0 Å². The monoisotopic (exact) mass is 289 g/mol. The van der Waals surface area contributed by atoms with Crippen LogP contribution < -0.4 is 11.5 Å². The van der Waals surface area contributed by atoms with Crippen LogP contribution in [0.15, 0.2) is 30.3 Å². The third kappa shape index (κ3) is 4.05. The molecule has 3 atom stereocenters. The molecule has 0 spiro atoms. The van der Waals surface area contributed by atoms with Crippen molar-refractivity contribution >= 4 is 5.91 Å². The van der Waals surface area contributed by atoms with Gasteiger partial charge in [0.05, 0.1) is 0 Å². The highest BCUT2D eigenvalue weighted by molar-refractivity contribution is 5.76. The number of benzene rings is 1. The first-order chi connectivity index (χ1) is 10.1. The largest absolute Gasteiger partial charge is 0.338 e. The minimum Gasteiger partial charge on any atom is -0.338 e. The van der Waals surface area contributed by atoms with Gasteiger partial charge in [0.1, 0.15) is 0 Å². The minimum atomic E-state index is -0.0753. The smallest absolute Gasteiger partial charge is 0.222 e. The summed E-state index contributed by atoms with van der Waals surface area (Å²) in [5, 5.41) is 0. The zero-order chi connectivity index (χ0) is 15.2. The Labute approximate surface area is 127 Å². The van der Waals surface area contributed by atoms with E-state index in [1.165, 1.54) is 0 Å². The van der Waals surface area contributed by atoms with Gasteiger partial charge >= 0.3 is 0 Å². The third-order valence-electron chi connectivity index (χ3n) is 4.57. The average Bonchev–Trinajstić information content (AvgIpc) is 2.52. The lowest BCUT2D eigenvalue weighted by molar-refractivity contribution is -0.136. The van der Waals surface area contributed by atoms with E-state index in [0.717, 1.165) is 24.9 Å². The van der Waals surface area contributed by atoms with Gasteiger partial charge in [-0.25, -0.2) is 0 Å². The van der Waals surface area contributed by atoms with E-state index in [1.807, 2.05) is 35.2 Å². The van der Waals surface area contributed by atoms with E-state index in [0.29, 0.717) is 25.3 Å². The molecule has 1 aromatic rings. The highest BCUT2D eigenvalue weighted by Gasteiger charge is 2.30. The minimum absolute atomic E-state index is 0.0753. The molecular weight excluding hydrogens is 262 g/mol. The maximum Gasteiger partial charge on any atom is 0.222 e. The molecule has 1 heterocycles. The molecule has 0 bridgehead atoms. The number of amides is 1. The van der Waals surface area contributed by atoms with Crippen LogP contribution in [0.4, 0.5) is 0 Å². The molecule has 1 aromatic carbocycles. The second-order valence-corrected chi connectivity index (χ2v) is 6.07. The molecule has 1 aliphatic heterocycles. The number of rotatable bonds is 5. The lowest BCUT2D eigenvalue weighted by Crippen LogP contribution is -2.51. The number of likely N-dealkylation sites (tertiary alicyclic amines) is 1. The Hall–Kier alpha value is -1.39. The summed E-state index contributed by atoms with van der Waals surface area (Å²) in [6, 6.07) is 10.1. The summed E-state index contributed by atoms with van der Waals surface area (Å²) in [7, 11) is 0. The van der Waals surface area contributed by atoms with Crippen LogP contribution in [0.2, 0.25) is 0 Å². The first-order valence-corrected chi connectivity index (χ1v) is 7.93. The number of nitrogens with zero attached hydrogens (tertiary/aromatic N) is 1. The number of nitrogens with two attached hydrogens (primary N) is 2. The number of carbonyl (C=O) groups is 1. The van der Waals surface area contributed by atoms with Crippen LogP contribution in [-0.4, -0.2) is 29.9 Å². The molecule has 0 saturated carbocycles. The Morgan fingerprint density at radius 3 is 2.76 bits per heavy atom. The molecule has 0 unspecified atom stereocenters. The quantitative estimate of drug-likeness (QED) is 0.871. The Morgan fingerprint density at radius 1 is 1.38 bits per heavy atom. The molecule has 116 valence electrons. The van der Waals surface area contributed by atoms with E-state index in [1.54, 1.807) is 0 Å². The van der Waals surface area contributed by atoms with Crippen LogP contribution in [-0.2, 0) is 4.79 Å². The van der Waals surface area contributed by atoms with Crippen molar-refractivity contribution in [3.05, 3.63) is 35.9 Å². The lowest BCUT2D eigenvalue weighted by atomic mass is 9.90. The van der Waals surface area contributed by atoms with Gasteiger partial charge < -0.3 is 16.4 Å². The number of carbonyl (C=O) groups excluding carboxylic acids is 1. The number of hydrogen-bond acceptors (Lipinski definition) is 3. The molecule has 21 heavy (non-hydrogen) atoms. The Morgan fingerprint density at radius 2 is 2.10 bits per heavy atom. The summed E-state index contributed by atoms with van der Waals surface area (Å²) >= 11 is 0. The van der Waals surface area contributed by atoms with E-state index < -0.39 is 0 Å². The molecular formula is C17H27N3O. The molecule has 4 nitrogen and oxygen atoms in total.